The number of anilines is 1. The highest BCUT2D eigenvalue weighted by Crippen LogP contribution is 2.30. The van der Waals surface area contributed by atoms with E-state index < -0.39 is 29.6 Å². The number of rotatable bonds is 12. The Morgan fingerprint density at radius 1 is 1.06 bits per heavy atom. The molecule has 4 N–H and O–H groups in total. The van der Waals surface area contributed by atoms with Crippen LogP contribution in [0.2, 0.25) is 5.02 Å². The molecule has 1 aliphatic rings. The summed E-state index contributed by atoms with van der Waals surface area (Å²) in [6.07, 6.45) is 6.35. The highest BCUT2D eigenvalue weighted by atomic mass is 35.5. The van der Waals surface area contributed by atoms with Gasteiger partial charge < -0.3 is 35.3 Å². The number of benzene rings is 2. The molecule has 1 aliphatic carbocycles. The van der Waals surface area contributed by atoms with Crippen molar-refractivity contribution in [3.63, 3.8) is 0 Å². The van der Waals surface area contributed by atoms with Crippen molar-refractivity contribution < 1.29 is 23.9 Å². The topological polar surface area (TPSA) is 167 Å². The van der Waals surface area contributed by atoms with Gasteiger partial charge in [0.05, 0.1) is 6.33 Å². The minimum atomic E-state index is -1.14. The SMILES string of the molecule is CC(C)(C)OC(=O)NCCN(C(=O)Cn1cnc2c(OCc3ccccc3)nc(N)nc21)C(C(=O)NC1=CCCCC1)c1ccccc1Cl. The number of fused-ring (bicyclic) bond motifs is 1. The molecule has 3 amide bonds. The van der Waals surface area contributed by atoms with Gasteiger partial charge in [-0.25, -0.2) is 9.78 Å². The van der Waals surface area contributed by atoms with Gasteiger partial charge in [-0.15, -0.1) is 0 Å². The zero-order valence-corrected chi connectivity index (χ0v) is 28.6. The number of hydrogen-bond acceptors (Lipinski definition) is 9. The van der Waals surface area contributed by atoms with Gasteiger partial charge in [-0.2, -0.15) is 9.97 Å². The first-order valence-corrected chi connectivity index (χ1v) is 16.5. The van der Waals surface area contributed by atoms with E-state index in [1.807, 2.05) is 36.4 Å². The second kappa shape index (κ2) is 15.8. The summed E-state index contributed by atoms with van der Waals surface area (Å²) < 4.78 is 12.9. The van der Waals surface area contributed by atoms with Crippen molar-refractivity contribution in [1.29, 1.82) is 0 Å². The van der Waals surface area contributed by atoms with E-state index in [-0.39, 0.29) is 43.7 Å². The molecule has 258 valence electrons. The fourth-order valence-electron chi connectivity index (χ4n) is 5.43. The molecule has 13 nitrogen and oxygen atoms in total. The summed E-state index contributed by atoms with van der Waals surface area (Å²) in [6, 6.07) is 15.3. The van der Waals surface area contributed by atoms with Crippen LogP contribution in [0.3, 0.4) is 0 Å². The molecule has 0 saturated heterocycles. The molecule has 0 spiro atoms. The number of nitrogens with zero attached hydrogens (tertiary/aromatic N) is 5. The minimum Gasteiger partial charge on any atom is -0.471 e. The first-order valence-electron chi connectivity index (χ1n) is 16.1. The molecule has 14 heteroatoms. The van der Waals surface area contributed by atoms with Crippen LogP contribution in [-0.2, 0) is 27.5 Å². The Hall–Kier alpha value is -5.17. The number of carbonyl (C=O) groups is 3. The third-order valence-electron chi connectivity index (χ3n) is 7.65. The monoisotopic (exact) mass is 688 g/mol. The third kappa shape index (κ3) is 9.47. The summed E-state index contributed by atoms with van der Waals surface area (Å²) in [4.78, 5) is 55.4. The lowest BCUT2D eigenvalue weighted by atomic mass is 10.0. The summed E-state index contributed by atoms with van der Waals surface area (Å²) in [5, 5.41) is 6.03. The molecule has 2 aromatic carbocycles. The van der Waals surface area contributed by atoms with Gasteiger partial charge in [0, 0.05) is 29.4 Å². The van der Waals surface area contributed by atoms with Gasteiger partial charge >= 0.3 is 6.09 Å². The number of allylic oxidation sites excluding steroid dienone is 2. The van der Waals surface area contributed by atoms with E-state index in [1.165, 1.54) is 15.8 Å². The molecule has 5 rings (SSSR count). The van der Waals surface area contributed by atoms with Crippen molar-refractivity contribution in [3.05, 3.63) is 88.8 Å². The molecule has 1 atom stereocenters. The Morgan fingerprint density at radius 3 is 2.53 bits per heavy atom. The quantitative estimate of drug-likeness (QED) is 0.179. The maximum Gasteiger partial charge on any atom is 0.407 e. The van der Waals surface area contributed by atoms with Gasteiger partial charge in [0.25, 0.3) is 5.91 Å². The predicted octanol–water partition coefficient (Wildman–Crippen LogP) is 5.31. The normalized spacial score (nSPS) is 13.7. The van der Waals surface area contributed by atoms with Gasteiger partial charge in [0.15, 0.2) is 11.2 Å². The molecule has 0 saturated carbocycles. The predicted molar refractivity (Wildman–Crippen MR) is 185 cm³/mol. The first kappa shape index (κ1) is 35.1. The second-order valence-electron chi connectivity index (χ2n) is 12.6. The molecule has 0 radical (unpaired) electrons. The van der Waals surface area contributed by atoms with Crippen LogP contribution in [0.4, 0.5) is 10.7 Å². The van der Waals surface area contributed by atoms with Gasteiger partial charge in [0.2, 0.25) is 17.7 Å². The van der Waals surface area contributed by atoms with Crippen LogP contribution in [0.1, 0.15) is 63.6 Å². The van der Waals surface area contributed by atoms with E-state index >= 15 is 0 Å². The van der Waals surface area contributed by atoms with Crippen molar-refractivity contribution in [2.24, 2.45) is 0 Å². The number of imidazole rings is 1. The van der Waals surface area contributed by atoms with Crippen LogP contribution in [-0.4, -0.2) is 61.0 Å². The Balaban J connectivity index is 1.46. The molecule has 1 unspecified atom stereocenters. The van der Waals surface area contributed by atoms with Gasteiger partial charge in [-0.05, 0) is 58.1 Å². The maximum atomic E-state index is 14.4. The fraction of sp³-hybridized carbons (Fsp3) is 0.371. The summed E-state index contributed by atoms with van der Waals surface area (Å²) >= 11 is 6.66. The van der Waals surface area contributed by atoms with Gasteiger partial charge in [-0.1, -0.05) is 66.2 Å². The molecule has 2 aromatic heterocycles. The summed E-state index contributed by atoms with van der Waals surface area (Å²) in [6.45, 7) is 5.17. The molecule has 0 aliphatic heterocycles. The fourth-order valence-corrected chi connectivity index (χ4v) is 5.67. The average molecular weight is 689 g/mol. The van der Waals surface area contributed by atoms with Crippen LogP contribution in [0.25, 0.3) is 11.2 Å². The molecule has 49 heavy (non-hydrogen) atoms. The van der Waals surface area contributed by atoms with E-state index in [9.17, 15) is 14.4 Å². The highest BCUT2D eigenvalue weighted by molar-refractivity contribution is 6.31. The van der Waals surface area contributed by atoms with Crippen molar-refractivity contribution in [1.82, 2.24) is 35.1 Å². The van der Waals surface area contributed by atoms with Crippen LogP contribution in [0, 0.1) is 0 Å². The standard InChI is InChI=1S/C35H41ClN8O5/c1-35(2,3)49-34(47)38-18-19-44(29(25-16-10-11-17-26(25)36)31(46)40-24-14-8-5-9-15-24)27(45)20-43-22-39-28-30(43)41-33(37)42-32(28)48-21-23-12-6-4-7-13-23/h4,6-7,10-14,16-17,22,29H,5,8-9,15,18-21H2,1-3H3,(H,38,47)(H,40,46)(H2,37,41,42). The second-order valence-corrected chi connectivity index (χ2v) is 13.0. The zero-order chi connectivity index (χ0) is 35.0. The smallest absolute Gasteiger partial charge is 0.407 e. The lowest BCUT2D eigenvalue weighted by Crippen LogP contribution is -2.48. The summed E-state index contributed by atoms with van der Waals surface area (Å²) in [5.74, 6) is -0.778. The minimum absolute atomic E-state index is 0.00511. The Bertz CT molecular complexity index is 1820. The molecule has 0 bridgehead atoms. The number of nitrogens with two attached hydrogens (primary N) is 1. The number of ether oxygens (including phenoxy) is 2. The van der Waals surface area contributed by atoms with Gasteiger partial charge in [0.1, 0.15) is 24.8 Å². The van der Waals surface area contributed by atoms with Crippen LogP contribution in [0.15, 0.2) is 72.7 Å². The highest BCUT2D eigenvalue weighted by Gasteiger charge is 2.34. The molecule has 4 aromatic rings. The van der Waals surface area contributed by atoms with E-state index in [4.69, 9.17) is 26.8 Å². The zero-order valence-electron chi connectivity index (χ0n) is 27.8. The van der Waals surface area contributed by atoms with Crippen LogP contribution >= 0.6 is 11.6 Å². The number of nitrogens with one attached hydrogen (secondary N) is 2. The number of amides is 3. The molecular weight excluding hydrogens is 648 g/mol. The molecule has 0 fully saturated rings. The average Bonchev–Trinajstić information content (AvgIpc) is 3.46. The van der Waals surface area contributed by atoms with E-state index in [0.717, 1.165) is 30.5 Å². The molecular formula is C35H41ClN8O5. The summed E-state index contributed by atoms with van der Waals surface area (Å²) in [7, 11) is 0. The van der Waals surface area contributed by atoms with Crippen molar-refractivity contribution in [3.8, 4) is 5.88 Å². The van der Waals surface area contributed by atoms with E-state index in [0.29, 0.717) is 22.5 Å². The summed E-state index contributed by atoms with van der Waals surface area (Å²) in [5.41, 5.74) is 8.09. The van der Waals surface area contributed by atoms with Crippen molar-refractivity contribution in [2.75, 3.05) is 18.8 Å². The number of hydrogen-bond donors (Lipinski definition) is 3. The van der Waals surface area contributed by atoms with Crippen LogP contribution in [0.5, 0.6) is 5.88 Å². The van der Waals surface area contributed by atoms with Crippen molar-refractivity contribution >= 4 is 46.6 Å². The number of halogens is 1. The largest absolute Gasteiger partial charge is 0.471 e. The number of aromatic nitrogens is 4. The first-order chi connectivity index (χ1) is 23.5. The van der Waals surface area contributed by atoms with E-state index in [1.54, 1.807) is 45.0 Å². The van der Waals surface area contributed by atoms with E-state index in [2.05, 4.69) is 25.6 Å². The number of nitrogen functional groups attached to an aromatic ring is 1. The molecule has 2 heterocycles. The lowest BCUT2D eigenvalue weighted by Gasteiger charge is -2.32. The Morgan fingerprint density at radius 2 is 1.82 bits per heavy atom. The number of carbonyl (C=O) groups excluding carboxylic acids is 3. The number of alkyl carbamates (subject to hydrolysis) is 1. The van der Waals surface area contributed by atoms with Crippen LogP contribution < -0.4 is 21.1 Å². The Kier molecular flexibility index (Phi) is 11.3. The van der Waals surface area contributed by atoms with Gasteiger partial charge in [-0.3, -0.25) is 9.59 Å². The Labute approximate surface area is 289 Å². The third-order valence-corrected chi connectivity index (χ3v) is 7.99. The van der Waals surface area contributed by atoms with Crippen molar-refractivity contribution in [2.45, 2.75) is 71.2 Å². The lowest BCUT2D eigenvalue weighted by molar-refractivity contribution is -0.141. The maximum absolute atomic E-state index is 14.4.